The number of aliphatic hydroxyl groups is 1. The van der Waals surface area contributed by atoms with Gasteiger partial charge in [0.1, 0.15) is 6.61 Å². The van der Waals surface area contributed by atoms with Crippen LogP contribution in [0.5, 0.6) is 0 Å². The van der Waals surface area contributed by atoms with E-state index in [0.29, 0.717) is 18.0 Å². The fraction of sp³-hybridized carbons (Fsp3) is 0.467. The van der Waals surface area contributed by atoms with Crippen LogP contribution in [0.2, 0.25) is 0 Å². The van der Waals surface area contributed by atoms with E-state index in [1.165, 1.54) is 12.8 Å². The highest BCUT2D eigenvalue weighted by Crippen LogP contribution is 2.31. The third kappa shape index (κ3) is 4.07. The third-order valence-corrected chi connectivity index (χ3v) is 4.79. The summed E-state index contributed by atoms with van der Waals surface area (Å²) < 4.78 is 27.2. The second kappa shape index (κ2) is 6.40. The van der Waals surface area contributed by atoms with E-state index in [9.17, 15) is 8.42 Å². The molecule has 0 unspecified atom stereocenters. The van der Waals surface area contributed by atoms with Crippen molar-refractivity contribution < 1.29 is 13.5 Å². The maximum atomic E-state index is 12.3. The van der Waals surface area contributed by atoms with Crippen molar-refractivity contribution in [3.05, 3.63) is 29.3 Å². The van der Waals surface area contributed by atoms with Crippen molar-refractivity contribution in [2.24, 2.45) is 5.92 Å². The maximum Gasteiger partial charge on any atom is 0.241 e. The monoisotopic (exact) mass is 293 g/mol. The molecule has 1 aliphatic carbocycles. The summed E-state index contributed by atoms with van der Waals surface area (Å²) >= 11 is 0. The number of aliphatic hydroxyl groups excluding tert-OH is 1. The molecule has 0 bridgehead atoms. The largest absolute Gasteiger partial charge is 0.384 e. The van der Waals surface area contributed by atoms with Gasteiger partial charge in [-0.05, 0) is 37.0 Å². The molecular formula is C15H19NO3S. The predicted molar refractivity (Wildman–Crippen MR) is 77.7 cm³/mol. The Labute approximate surface area is 120 Å². The maximum absolute atomic E-state index is 12.3. The van der Waals surface area contributed by atoms with Gasteiger partial charge in [-0.2, -0.15) is 0 Å². The summed E-state index contributed by atoms with van der Waals surface area (Å²) in [6, 6.07) is 5.04. The molecule has 0 spiro atoms. The Balaban J connectivity index is 2.19. The van der Waals surface area contributed by atoms with Gasteiger partial charge in [-0.15, -0.1) is 0 Å². The molecule has 2 N–H and O–H groups in total. The van der Waals surface area contributed by atoms with Crippen LogP contribution in [0.15, 0.2) is 23.1 Å². The molecule has 1 fully saturated rings. The zero-order chi connectivity index (χ0) is 14.6. The number of sulfonamides is 1. The van der Waals surface area contributed by atoms with Gasteiger partial charge in [-0.3, -0.25) is 0 Å². The first-order chi connectivity index (χ1) is 9.53. The van der Waals surface area contributed by atoms with Gasteiger partial charge in [0.25, 0.3) is 0 Å². The third-order valence-electron chi connectivity index (χ3n) is 3.27. The number of nitrogens with one attached hydrogen (secondary N) is 1. The zero-order valence-electron chi connectivity index (χ0n) is 11.5. The van der Waals surface area contributed by atoms with E-state index in [0.717, 1.165) is 12.0 Å². The standard InChI is InChI=1S/C15H19NO3S/c1-12-4-7-15(14(11-12)3-2-10-17)20(18,19)16-9-8-13-5-6-13/h4,7,11,13,16-17H,5-6,8-10H2,1H3. The average Bonchev–Trinajstić information content (AvgIpc) is 3.20. The minimum Gasteiger partial charge on any atom is -0.384 e. The first-order valence-electron chi connectivity index (χ1n) is 6.73. The Morgan fingerprint density at radius 2 is 2.15 bits per heavy atom. The SMILES string of the molecule is Cc1ccc(S(=O)(=O)NCCC2CC2)c(C#CCO)c1. The van der Waals surface area contributed by atoms with Crippen LogP contribution < -0.4 is 4.72 Å². The van der Waals surface area contributed by atoms with E-state index in [1.807, 2.05) is 6.92 Å². The molecule has 0 aliphatic heterocycles. The molecule has 1 aromatic rings. The first-order valence-corrected chi connectivity index (χ1v) is 8.21. The highest BCUT2D eigenvalue weighted by atomic mass is 32.2. The molecule has 0 atom stereocenters. The van der Waals surface area contributed by atoms with E-state index in [2.05, 4.69) is 16.6 Å². The fourth-order valence-corrected chi connectivity index (χ4v) is 3.18. The van der Waals surface area contributed by atoms with Crippen molar-refractivity contribution >= 4 is 10.0 Å². The predicted octanol–water partition coefficient (Wildman–Crippen LogP) is 1.42. The van der Waals surface area contributed by atoms with Crippen LogP contribution in [0.4, 0.5) is 0 Å². The molecule has 5 heteroatoms. The van der Waals surface area contributed by atoms with Crippen molar-refractivity contribution in [2.75, 3.05) is 13.2 Å². The second-order valence-corrected chi connectivity index (χ2v) is 6.82. The highest BCUT2D eigenvalue weighted by molar-refractivity contribution is 7.89. The molecule has 1 saturated carbocycles. The Hall–Kier alpha value is -1.35. The molecule has 0 radical (unpaired) electrons. The zero-order valence-corrected chi connectivity index (χ0v) is 12.3. The Bertz CT molecular complexity index is 637. The number of hydrogen-bond acceptors (Lipinski definition) is 3. The topological polar surface area (TPSA) is 66.4 Å². The molecular weight excluding hydrogens is 274 g/mol. The molecule has 20 heavy (non-hydrogen) atoms. The van der Waals surface area contributed by atoms with Crippen LogP contribution >= 0.6 is 0 Å². The van der Waals surface area contributed by atoms with E-state index >= 15 is 0 Å². The quantitative estimate of drug-likeness (QED) is 0.807. The van der Waals surface area contributed by atoms with Crippen molar-refractivity contribution in [1.29, 1.82) is 0 Å². The van der Waals surface area contributed by atoms with Gasteiger partial charge < -0.3 is 5.11 Å². The van der Waals surface area contributed by atoms with Gasteiger partial charge in [-0.1, -0.05) is 30.7 Å². The lowest BCUT2D eigenvalue weighted by atomic mass is 10.1. The first kappa shape index (κ1) is 15.0. The molecule has 0 amide bonds. The smallest absolute Gasteiger partial charge is 0.241 e. The summed E-state index contributed by atoms with van der Waals surface area (Å²) in [5.41, 5.74) is 1.36. The summed E-state index contributed by atoms with van der Waals surface area (Å²) in [7, 11) is -3.54. The number of benzene rings is 1. The van der Waals surface area contributed by atoms with Gasteiger partial charge in [0.05, 0.1) is 4.90 Å². The summed E-state index contributed by atoms with van der Waals surface area (Å²) in [6.45, 7) is 2.05. The summed E-state index contributed by atoms with van der Waals surface area (Å²) in [5, 5.41) is 8.76. The minimum absolute atomic E-state index is 0.180. The van der Waals surface area contributed by atoms with E-state index in [1.54, 1.807) is 18.2 Å². The van der Waals surface area contributed by atoms with Crippen LogP contribution in [0.3, 0.4) is 0 Å². The van der Waals surface area contributed by atoms with Crippen LogP contribution in [-0.4, -0.2) is 26.7 Å². The number of rotatable bonds is 5. The highest BCUT2D eigenvalue weighted by Gasteiger charge is 2.23. The molecule has 0 aromatic heterocycles. The van der Waals surface area contributed by atoms with Crippen molar-refractivity contribution in [3.63, 3.8) is 0 Å². The van der Waals surface area contributed by atoms with Crippen molar-refractivity contribution in [1.82, 2.24) is 4.72 Å². The summed E-state index contributed by atoms with van der Waals surface area (Å²) in [6.07, 6.45) is 3.31. The number of hydrogen-bond donors (Lipinski definition) is 2. The van der Waals surface area contributed by atoms with Gasteiger partial charge in [0.2, 0.25) is 10.0 Å². The Morgan fingerprint density at radius 3 is 2.80 bits per heavy atom. The van der Waals surface area contributed by atoms with Gasteiger partial charge in [-0.25, -0.2) is 13.1 Å². The van der Waals surface area contributed by atoms with Gasteiger partial charge >= 0.3 is 0 Å². The molecule has 4 nitrogen and oxygen atoms in total. The minimum atomic E-state index is -3.54. The van der Waals surface area contributed by atoms with Crippen LogP contribution in [-0.2, 0) is 10.0 Å². The average molecular weight is 293 g/mol. The Morgan fingerprint density at radius 1 is 1.40 bits per heavy atom. The lowest BCUT2D eigenvalue weighted by Crippen LogP contribution is -2.25. The van der Waals surface area contributed by atoms with Crippen LogP contribution in [0.25, 0.3) is 0 Å². The molecule has 2 rings (SSSR count). The molecule has 1 aliphatic rings. The molecule has 1 aromatic carbocycles. The summed E-state index contributed by atoms with van der Waals surface area (Å²) in [4.78, 5) is 0.180. The van der Waals surface area contributed by atoms with Crippen LogP contribution in [0.1, 0.15) is 30.4 Å². The van der Waals surface area contributed by atoms with E-state index in [4.69, 9.17) is 5.11 Å². The van der Waals surface area contributed by atoms with E-state index < -0.39 is 10.0 Å². The van der Waals surface area contributed by atoms with Crippen molar-refractivity contribution in [3.8, 4) is 11.8 Å². The lowest BCUT2D eigenvalue weighted by molar-refractivity contribution is 0.350. The van der Waals surface area contributed by atoms with Gasteiger partial charge in [0.15, 0.2) is 0 Å². The molecule has 0 saturated heterocycles. The second-order valence-electron chi connectivity index (χ2n) is 5.09. The van der Waals surface area contributed by atoms with Gasteiger partial charge in [0, 0.05) is 12.1 Å². The number of aryl methyl sites for hydroxylation is 1. The molecule has 0 heterocycles. The molecule has 108 valence electrons. The van der Waals surface area contributed by atoms with E-state index in [-0.39, 0.29) is 11.5 Å². The van der Waals surface area contributed by atoms with Crippen LogP contribution in [0, 0.1) is 24.7 Å². The normalized spacial score (nSPS) is 14.7. The lowest BCUT2D eigenvalue weighted by Gasteiger charge is -2.09. The van der Waals surface area contributed by atoms with Crippen molar-refractivity contribution in [2.45, 2.75) is 31.1 Å². The Kier molecular flexibility index (Phi) is 4.81. The fourth-order valence-electron chi connectivity index (χ4n) is 1.99. The summed E-state index contributed by atoms with van der Waals surface area (Å²) in [5.74, 6) is 5.89.